The molecule has 0 radical (unpaired) electrons. The quantitative estimate of drug-likeness (QED) is 0.799. The Morgan fingerprint density at radius 3 is 2.86 bits per heavy atom. The summed E-state index contributed by atoms with van der Waals surface area (Å²) in [5, 5.41) is 9.39. The molecule has 3 aromatic heterocycles. The second-order valence-electron chi connectivity index (χ2n) is 4.19. The van der Waals surface area contributed by atoms with Crippen LogP contribution in [0.2, 0.25) is 5.02 Å². The number of carboxylic acids is 1. The summed E-state index contributed by atoms with van der Waals surface area (Å²) in [5.41, 5.74) is 1.47. The van der Waals surface area contributed by atoms with Crippen LogP contribution in [0, 0.1) is 0 Å². The van der Waals surface area contributed by atoms with E-state index in [1.807, 2.05) is 0 Å². The van der Waals surface area contributed by atoms with Crippen LogP contribution in [0.5, 0.6) is 5.75 Å². The van der Waals surface area contributed by atoms with Gasteiger partial charge in [-0.3, -0.25) is 4.98 Å². The zero-order valence-corrected chi connectivity index (χ0v) is 11.6. The standard InChI is InChI=1S/C14H9ClN2O4/c1-20-11-5-10(14(18)19)17-6-7(11)12-4-9-13(21-12)8(15)2-3-16-9/h2-6H,1H3,(H,18,19). The fourth-order valence-electron chi connectivity index (χ4n) is 1.95. The number of hydrogen-bond acceptors (Lipinski definition) is 5. The van der Waals surface area contributed by atoms with Gasteiger partial charge in [0.15, 0.2) is 11.3 Å². The first-order valence-electron chi connectivity index (χ1n) is 5.92. The lowest BCUT2D eigenvalue weighted by molar-refractivity contribution is 0.0690. The molecule has 0 atom stereocenters. The predicted molar refractivity (Wildman–Crippen MR) is 75.8 cm³/mol. The smallest absolute Gasteiger partial charge is 0.354 e. The lowest BCUT2D eigenvalue weighted by atomic mass is 10.2. The number of hydrogen-bond donors (Lipinski definition) is 1. The van der Waals surface area contributed by atoms with E-state index in [9.17, 15) is 4.79 Å². The number of carboxylic acid groups (broad SMARTS) is 1. The predicted octanol–water partition coefficient (Wildman–Crippen LogP) is 3.25. The van der Waals surface area contributed by atoms with Gasteiger partial charge in [-0.2, -0.15) is 0 Å². The fraction of sp³-hybridized carbons (Fsp3) is 0.0714. The summed E-state index contributed by atoms with van der Waals surface area (Å²) >= 11 is 6.04. The van der Waals surface area contributed by atoms with Crippen molar-refractivity contribution in [2.45, 2.75) is 0 Å². The first-order valence-corrected chi connectivity index (χ1v) is 6.29. The minimum atomic E-state index is -1.13. The van der Waals surface area contributed by atoms with Gasteiger partial charge in [0.25, 0.3) is 0 Å². The molecule has 0 spiro atoms. The number of furan rings is 1. The summed E-state index contributed by atoms with van der Waals surface area (Å²) in [6, 6.07) is 4.65. The van der Waals surface area contributed by atoms with E-state index in [1.165, 1.54) is 19.4 Å². The molecule has 1 N–H and O–H groups in total. The minimum absolute atomic E-state index is 0.108. The second kappa shape index (κ2) is 5.06. The van der Waals surface area contributed by atoms with Crippen molar-refractivity contribution in [2.24, 2.45) is 0 Å². The normalized spacial score (nSPS) is 10.8. The molecule has 0 aliphatic rings. The minimum Gasteiger partial charge on any atom is -0.496 e. The number of nitrogens with zero attached hydrogens (tertiary/aromatic N) is 2. The molecule has 0 aliphatic heterocycles. The molecular weight excluding hydrogens is 296 g/mol. The molecule has 0 amide bonds. The molecule has 3 rings (SSSR count). The van der Waals surface area contributed by atoms with Crippen LogP contribution >= 0.6 is 11.6 Å². The molecule has 3 aromatic rings. The fourth-order valence-corrected chi connectivity index (χ4v) is 2.14. The van der Waals surface area contributed by atoms with Crippen molar-refractivity contribution in [3.8, 4) is 17.1 Å². The Hall–Kier alpha value is -2.60. The molecule has 0 fully saturated rings. The highest BCUT2D eigenvalue weighted by molar-refractivity contribution is 6.34. The van der Waals surface area contributed by atoms with Crippen LogP contribution < -0.4 is 4.74 Å². The van der Waals surface area contributed by atoms with Crippen LogP contribution in [0.25, 0.3) is 22.4 Å². The van der Waals surface area contributed by atoms with Gasteiger partial charge in [0.05, 0.1) is 17.7 Å². The van der Waals surface area contributed by atoms with Gasteiger partial charge in [0, 0.05) is 24.5 Å². The van der Waals surface area contributed by atoms with E-state index in [2.05, 4.69) is 9.97 Å². The molecule has 3 heterocycles. The largest absolute Gasteiger partial charge is 0.496 e. The van der Waals surface area contributed by atoms with Gasteiger partial charge < -0.3 is 14.3 Å². The summed E-state index contributed by atoms with van der Waals surface area (Å²) < 4.78 is 10.9. The van der Waals surface area contributed by atoms with Crippen molar-refractivity contribution >= 4 is 28.7 Å². The van der Waals surface area contributed by atoms with Crippen molar-refractivity contribution in [1.82, 2.24) is 9.97 Å². The van der Waals surface area contributed by atoms with Gasteiger partial charge in [-0.15, -0.1) is 0 Å². The third kappa shape index (κ3) is 2.30. The summed E-state index contributed by atoms with van der Waals surface area (Å²) in [5.74, 6) is -0.335. The Morgan fingerprint density at radius 1 is 1.38 bits per heavy atom. The Labute approximate surface area is 124 Å². The monoisotopic (exact) mass is 304 g/mol. The molecule has 0 aromatic carbocycles. The molecule has 0 unspecified atom stereocenters. The summed E-state index contributed by atoms with van der Waals surface area (Å²) in [4.78, 5) is 19.0. The van der Waals surface area contributed by atoms with Gasteiger partial charge in [0.1, 0.15) is 17.0 Å². The molecule has 0 bridgehead atoms. The second-order valence-corrected chi connectivity index (χ2v) is 4.60. The number of halogens is 1. The maximum Gasteiger partial charge on any atom is 0.354 e. The average molecular weight is 305 g/mol. The highest BCUT2D eigenvalue weighted by Gasteiger charge is 2.16. The number of rotatable bonds is 3. The van der Waals surface area contributed by atoms with Crippen LogP contribution in [0.1, 0.15) is 10.5 Å². The molecule has 0 saturated carbocycles. The maximum atomic E-state index is 10.9. The Bertz CT molecular complexity index is 844. The molecule has 6 nitrogen and oxygen atoms in total. The molecule has 21 heavy (non-hydrogen) atoms. The number of methoxy groups -OCH3 is 1. The average Bonchev–Trinajstić information content (AvgIpc) is 2.91. The summed E-state index contributed by atoms with van der Waals surface area (Å²) in [6.45, 7) is 0. The Balaban J connectivity index is 2.18. The van der Waals surface area contributed by atoms with Crippen molar-refractivity contribution < 1.29 is 19.1 Å². The van der Waals surface area contributed by atoms with Gasteiger partial charge in [-0.1, -0.05) is 11.6 Å². The molecule has 0 aliphatic carbocycles. The van der Waals surface area contributed by atoms with Crippen molar-refractivity contribution in [1.29, 1.82) is 0 Å². The molecular formula is C14H9ClN2O4. The van der Waals surface area contributed by atoms with E-state index < -0.39 is 5.97 Å². The molecule has 106 valence electrons. The number of carbonyl (C=O) groups is 1. The topological polar surface area (TPSA) is 85.5 Å². The maximum absolute atomic E-state index is 10.9. The van der Waals surface area contributed by atoms with Crippen LogP contribution in [0.4, 0.5) is 0 Å². The van der Waals surface area contributed by atoms with Gasteiger partial charge in [-0.25, -0.2) is 9.78 Å². The molecule has 7 heteroatoms. The van der Waals surface area contributed by atoms with Crippen LogP contribution in [0.3, 0.4) is 0 Å². The number of aromatic nitrogens is 2. The van der Waals surface area contributed by atoms with E-state index >= 15 is 0 Å². The van der Waals surface area contributed by atoms with E-state index in [4.69, 9.17) is 25.9 Å². The van der Waals surface area contributed by atoms with Gasteiger partial charge in [0.2, 0.25) is 0 Å². The van der Waals surface area contributed by atoms with E-state index in [1.54, 1.807) is 18.3 Å². The number of ether oxygens (including phenoxy) is 1. The highest BCUT2D eigenvalue weighted by atomic mass is 35.5. The highest BCUT2D eigenvalue weighted by Crippen LogP contribution is 2.35. The Kier molecular flexibility index (Phi) is 3.23. The zero-order valence-electron chi connectivity index (χ0n) is 10.8. The first-order chi connectivity index (χ1) is 10.1. The third-order valence-corrected chi connectivity index (χ3v) is 3.23. The Morgan fingerprint density at radius 2 is 2.19 bits per heavy atom. The third-order valence-electron chi connectivity index (χ3n) is 2.93. The van der Waals surface area contributed by atoms with Crippen LogP contribution in [-0.4, -0.2) is 28.2 Å². The number of aromatic carboxylic acids is 1. The summed E-state index contributed by atoms with van der Waals surface area (Å²) in [6.07, 6.45) is 2.96. The first kappa shape index (κ1) is 13.4. The van der Waals surface area contributed by atoms with Gasteiger partial charge in [-0.05, 0) is 6.07 Å². The van der Waals surface area contributed by atoms with E-state index in [0.29, 0.717) is 33.2 Å². The van der Waals surface area contributed by atoms with Crippen LogP contribution in [-0.2, 0) is 0 Å². The van der Waals surface area contributed by atoms with E-state index in [0.717, 1.165) is 0 Å². The SMILES string of the molecule is COc1cc(C(=O)O)ncc1-c1cc2nccc(Cl)c2o1. The summed E-state index contributed by atoms with van der Waals surface area (Å²) in [7, 11) is 1.44. The van der Waals surface area contributed by atoms with E-state index in [-0.39, 0.29) is 5.69 Å². The van der Waals surface area contributed by atoms with Gasteiger partial charge >= 0.3 is 5.97 Å². The molecule has 0 saturated heterocycles. The van der Waals surface area contributed by atoms with Crippen molar-refractivity contribution in [2.75, 3.05) is 7.11 Å². The number of fused-ring (bicyclic) bond motifs is 1. The zero-order chi connectivity index (χ0) is 15.0. The van der Waals surface area contributed by atoms with Crippen molar-refractivity contribution in [3.63, 3.8) is 0 Å². The lowest BCUT2D eigenvalue weighted by Gasteiger charge is -2.06. The lowest BCUT2D eigenvalue weighted by Crippen LogP contribution is -2.01. The van der Waals surface area contributed by atoms with Crippen molar-refractivity contribution in [3.05, 3.63) is 41.3 Å². The van der Waals surface area contributed by atoms with Crippen LogP contribution in [0.15, 0.2) is 35.0 Å². The number of pyridine rings is 2.